The van der Waals surface area contributed by atoms with E-state index >= 15 is 0 Å². The lowest BCUT2D eigenvalue weighted by atomic mass is 9.98. The second kappa shape index (κ2) is 11.5. The van der Waals surface area contributed by atoms with Crippen LogP contribution in [-0.4, -0.2) is 49.6 Å². The minimum atomic E-state index is -0.535. The Kier molecular flexibility index (Phi) is 7.48. The Bertz CT molecular complexity index is 1830. The van der Waals surface area contributed by atoms with Crippen molar-refractivity contribution in [3.63, 3.8) is 0 Å². The Morgan fingerprint density at radius 2 is 1.40 bits per heavy atom. The molecule has 0 saturated carbocycles. The van der Waals surface area contributed by atoms with Crippen molar-refractivity contribution in [3.8, 4) is 33.6 Å². The van der Waals surface area contributed by atoms with Crippen molar-refractivity contribution in [3.05, 3.63) is 90.0 Å². The fraction of sp³-hybridized carbons (Fsp3) is 0.378. The molecule has 2 aromatic heterocycles. The molecule has 0 spiro atoms. The third-order valence-electron chi connectivity index (χ3n) is 8.90. The summed E-state index contributed by atoms with van der Waals surface area (Å²) in [5.41, 5.74) is 5.93. The summed E-state index contributed by atoms with van der Waals surface area (Å²) >= 11 is 0. The van der Waals surface area contributed by atoms with Gasteiger partial charge in [-0.3, -0.25) is 4.90 Å². The smallest absolute Gasteiger partial charge is 0.410 e. The van der Waals surface area contributed by atoms with E-state index in [9.17, 15) is 4.79 Å². The molecule has 3 aromatic carbocycles. The number of hydrogen-bond acceptors (Lipinski definition) is 4. The third kappa shape index (κ3) is 6.12. The lowest BCUT2D eigenvalue weighted by Crippen LogP contribution is -2.37. The van der Waals surface area contributed by atoms with Gasteiger partial charge in [-0.1, -0.05) is 80.8 Å². The van der Waals surface area contributed by atoms with Gasteiger partial charge in [-0.2, -0.15) is 0 Å². The number of nitrogens with zero attached hydrogens (tertiary/aromatic N) is 4. The SMILES string of the molecule is C[C@@H]1C[C@@H](c2ncc(-c3ccc(-c4ccc5cc(-c6cnc([C@@H]7C[C@@H](C)C[N-]7)[nH]6)ccc5c4)cc3)[nH]2)N(C(=O)OC(C)(C)C)C1. The Hall–Kier alpha value is -4.43. The Labute approximate surface area is 264 Å². The first-order chi connectivity index (χ1) is 21.6. The standard InChI is InChI=1S/C37H41N6O2/c1-22-14-30(38-18-22)34-39-20-32(41-34)29-13-12-27-16-26(10-11-28(27)17-29)24-6-8-25(9-7-24)31-19-40-35(42-31)33-15-23(2)21-43(33)36(44)45-37(3,4)5/h6-13,16-17,19-20,22-23,30,33H,14-15,18,21H2,1-5H3,(H,39,41)(H,40,42)/q-1/t22-,23-,30+,33+/m1/s1. The van der Waals surface area contributed by atoms with Gasteiger partial charge in [0.25, 0.3) is 0 Å². The Balaban J connectivity index is 1.06. The van der Waals surface area contributed by atoms with Gasteiger partial charge in [0, 0.05) is 12.1 Å². The zero-order valence-corrected chi connectivity index (χ0v) is 26.7. The minimum Gasteiger partial charge on any atom is -0.653 e. The summed E-state index contributed by atoms with van der Waals surface area (Å²) in [6, 6.07) is 21.8. The van der Waals surface area contributed by atoms with Crippen molar-refractivity contribution in [1.29, 1.82) is 0 Å². The molecule has 7 rings (SSSR count). The number of aromatic amines is 2. The van der Waals surface area contributed by atoms with Gasteiger partial charge in [0.15, 0.2) is 0 Å². The van der Waals surface area contributed by atoms with Crippen LogP contribution in [0.5, 0.6) is 0 Å². The van der Waals surface area contributed by atoms with Crippen LogP contribution in [0.2, 0.25) is 0 Å². The van der Waals surface area contributed by atoms with Gasteiger partial charge < -0.3 is 20.0 Å². The number of aromatic nitrogens is 4. The summed E-state index contributed by atoms with van der Waals surface area (Å²) in [5.74, 6) is 2.77. The maximum absolute atomic E-state index is 12.9. The Morgan fingerprint density at radius 3 is 2.09 bits per heavy atom. The quantitative estimate of drug-likeness (QED) is 0.210. The maximum Gasteiger partial charge on any atom is 0.410 e. The van der Waals surface area contributed by atoms with E-state index in [-0.39, 0.29) is 18.2 Å². The Morgan fingerprint density at radius 1 is 0.800 bits per heavy atom. The predicted octanol–water partition coefficient (Wildman–Crippen LogP) is 9.06. The largest absolute Gasteiger partial charge is 0.653 e. The summed E-state index contributed by atoms with van der Waals surface area (Å²) in [4.78, 5) is 31.1. The zero-order chi connectivity index (χ0) is 31.3. The van der Waals surface area contributed by atoms with Gasteiger partial charge in [-0.15, -0.1) is 6.54 Å². The molecule has 45 heavy (non-hydrogen) atoms. The first-order valence-corrected chi connectivity index (χ1v) is 16.0. The number of ether oxygens (including phenoxy) is 1. The summed E-state index contributed by atoms with van der Waals surface area (Å²) in [7, 11) is 0. The highest BCUT2D eigenvalue weighted by atomic mass is 16.6. The van der Waals surface area contributed by atoms with Crippen LogP contribution >= 0.6 is 0 Å². The number of imidazole rings is 2. The molecule has 8 heteroatoms. The summed E-state index contributed by atoms with van der Waals surface area (Å²) in [6.07, 6.45) is 5.42. The van der Waals surface area contributed by atoms with E-state index in [2.05, 4.69) is 89.5 Å². The second-order valence-electron chi connectivity index (χ2n) is 13.9. The van der Waals surface area contributed by atoms with Crippen molar-refractivity contribution in [2.75, 3.05) is 13.1 Å². The summed E-state index contributed by atoms with van der Waals surface area (Å²) < 4.78 is 5.68. The van der Waals surface area contributed by atoms with E-state index in [1.165, 1.54) is 16.3 Å². The first kappa shape index (κ1) is 29.3. The van der Waals surface area contributed by atoms with Crippen LogP contribution in [0.25, 0.3) is 49.7 Å². The molecular weight excluding hydrogens is 560 g/mol. The number of H-pyrrole nitrogens is 2. The van der Waals surface area contributed by atoms with E-state index in [1.807, 2.05) is 38.1 Å². The molecule has 2 aliphatic rings. The van der Waals surface area contributed by atoms with Gasteiger partial charge in [0.2, 0.25) is 0 Å². The highest BCUT2D eigenvalue weighted by Crippen LogP contribution is 2.38. The van der Waals surface area contributed by atoms with Crippen LogP contribution < -0.4 is 0 Å². The molecule has 2 fully saturated rings. The lowest BCUT2D eigenvalue weighted by Gasteiger charge is -2.27. The highest BCUT2D eigenvalue weighted by Gasteiger charge is 2.38. The molecule has 5 aromatic rings. The molecule has 4 heterocycles. The van der Waals surface area contributed by atoms with Crippen LogP contribution in [0.15, 0.2) is 73.1 Å². The average Bonchev–Trinajstić information content (AvgIpc) is 3.83. The number of carbonyl (C=O) groups is 1. The van der Waals surface area contributed by atoms with Crippen molar-refractivity contribution >= 4 is 16.9 Å². The van der Waals surface area contributed by atoms with Gasteiger partial charge in [-0.25, -0.2) is 14.8 Å². The van der Waals surface area contributed by atoms with Crippen LogP contribution in [0, 0.1) is 11.8 Å². The van der Waals surface area contributed by atoms with Crippen LogP contribution in [-0.2, 0) is 4.74 Å². The molecular formula is C37H41N6O2-. The molecule has 0 unspecified atom stereocenters. The van der Waals surface area contributed by atoms with E-state index in [1.54, 1.807) is 0 Å². The van der Waals surface area contributed by atoms with Crippen molar-refractivity contribution in [1.82, 2.24) is 24.8 Å². The average molecular weight is 602 g/mol. The molecule has 0 bridgehead atoms. The molecule has 2 N–H and O–H groups in total. The lowest BCUT2D eigenvalue weighted by molar-refractivity contribution is 0.0214. The minimum absolute atomic E-state index is 0.122. The number of rotatable bonds is 5. The molecule has 4 atom stereocenters. The fourth-order valence-electron chi connectivity index (χ4n) is 6.60. The monoisotopic (exact) mass is 601 g/mol. The zero-order valence-electron chi connectivity index (χ0n) is 26.7. The van der Waals surface area contributed by atoms with Gasteiger partial charge in [0.1, 0.15) is 11.4 Å². The molecule has 0 aliphatic carbocycles. The van der Waals surface area contributed by atoms with Crippen LogP contribution in [0.1, 0.15) is 71.2 Å². The topological polar surface area (TPSA) is 101 Å². The number of fused-ring (bicyclic) bond motifs is 1. The van der Waals surface area contributed by atoms with Gasteiger partial charge >= 0.3 is 6.09 Å². The normalized spacial score (nSPS) is 21.9. The van der Waals surface area contributed by atoms with E-state index in [0.29, 0.717) is 18.4 Å². The number of likely N-dealkylation sites (tertiary alicyclic amines) is 1. The van der Waals surface area contributed by atoms with Crippen molar-refractivity contribution < 1.29 is 9.53 Å². The van der Waals surface area contributed by atoms with E-state index < -0.39 is 5.60 Å². The predicted molar refractivity (Wildman–Crippen MR) is 179 cm³/mol. The number of benzene rings is 3. The molecule has 1 amide bonds. The molecule has 232 valence electrons. The van der Waals surface area contributed by atoms with Gasteiger partial charge in [-0.05, 0) is 72.7 Å². The summed E-state index contributed by atoms with van der Waals surface area (Å²) in [5, 5.41) is 7.11. The fourth-order valence-corrected chi connectivity index (χ4v) is 6.60. The number of carbonyl (C=O) groups excluding carboxylic acids is 1. The molecule has 2 aliphatic heterocycles. The van der Waals surface area contributed by atoms with E-state index in [4.69, 9.17) is 15.0 Å². The molecule has 2 saturated heterocycles. The maximum atomic E-state index is 12.9. The number of amides is 1. The molecule has 0 radical (unpaired) electrons. The van der Waals surface area contributed by atoms with Crippen molar-refractivity contribution in [2.24, 2.45) is 11.8 Å². The van der Waals surface area contributed by atoms with Crippen LogP contribution in [0.4, 0.5) is 4.79 Å². The number of nitrogens with one attached hydrogen (secondary N) is 2. The van der Waals surface area contributed by atoms with Crippen LogP contribution in [0.3, 0.4) is 0 Å². The third-order valence-corrected chi connectivity index (χ3v) is 8.90. The van der Waals surface area contributed by atoms with Crippen molar-refractivity contribution in [2.45, 2.75) is 65.1 Å². The highest BCUT2D eigenvalue weighted by molar-refractivity contribution is 5.90. The van der Waals surface area contributed by atoms with Gasteiger partial charge in [0.05, 0.1) is 35.6 Å². The van der Waals surface area contributed by atoms with E-state index in [0.717, 1.165) is 59.1 Å². The number of hydrogen-bond donors (Lipinski definition) is 2. The molecule has 8 nitrogen and oxygen atoms in total. The first-order valence-electron chi connectivity index (χ1n) is 16.0. The summed E-state index contributed by atoms with van der Waals surface area (Å²) in [6.45, 7) is 11.7. The second-order valence-corrected chi connectivity index (χ2v) is 13.9.